The fourth-order valence-electron chi connectivity index (χ4n) is 4.96. The van der Waals surface area contributed by atoms with Crippen LogP contribution in [0.5, 0.6) is 5.75 Å². The molecule has 1 aliphatic rings. The van der Waals surface area contributed by atoms with Gasteiger partial charge in [0.25, 0.3) is 10.0 Å². The Labute approximate surface area is 219 Å². The lowest BCUT2D eigenvalue weighted by Gasteiger charge is -2.34. The second-order valence-electron chi connectivity index (χ2n) is 9.47. The zero-order valence-corrected chi connectivity index (χ0v) is 23.2. The van der Waals surface area contributed by atoms with E-state index in [0.29, 0.717) is 22.1 Å². The molecule has 0 saturated carbocycles. The van der Waals surface area contributed by atoms with Crippen LogP contribution < -0.4 is 19.7 Å². The molecule has 2 N–H and O–H groups in total. The molecule has 7 nitrogen and oxygen atoms in total. The maximum absolute atomic E-state index is 13.7. The predicted octanol–water partition coefficient (Wildman–Crippen LogP) is 4.96. The van der Waals surface area contributed by atoms with E-state index in [-0.39, 0.29) is 18.1 Å². The lowest BCUT2D eigenvalue weighted by molar-refractivity contribution is 0.303. The number of aromatic nitrogens is 1. The van der Waals surface area contributed by atoms with Crippen molar-refractivity contribution in [2.24, 2.45) is 0 Å². The number of rotatable bonds is 9. The van der Waals surface area contributed by atoms with Crippen molar-refractivity contribution in [2.45, 2.75) is 69.4 Å². The molecule has 3 aromatic rings. The average molecular weight is 529 g/mol. The highest BCUT2D eigenvalue weighted by Crippen LogP contribution is 2.34. The Morgan fingerprint density at radius 1 is 1.19 bits per heavy atom. The number of aryl methyl sites for hydroxylation is 2. The third-order valence-corrected chi connectivity index (χ3v) is 10.2. The van der Waals surface area contributed by atoms with Crippen molar-refractivity contribution in [1.82, 2.24) is 15.6 Å². The van der Waals surface area contributed by atoms with E-state index >= 15 is 0 Å². The summed E-state index contributed by atoms with van der Waals surface area (Å²) in [4.78, 5) is 4.35. The molecule has 194 valence electrons. The molecule has 2 heterocycles. The van der Waals surface area contributed by atoms with Gasteiger partial charge in [0, 0.05) is 30.2 Å². The molecule has 9 heteroatoms. The van der Waals surface area contributed by atoms with E-state index in [4.69, 9.17) is 4.74 Å². The fraction of sp³-hybridized carbons (Fsp3) is 0.444. The SMILES string of the molecule is COc1ccc(N(C(C)C)S(=O)(=O)c2sc(C)nc2C)cc1CN[C@H]1CCCN[C@H]1c1ccccc1. The van der Waals surface area contributed by atoms with Crippen molar-refractivity contribution in [3.63, 3.8) is 0 Å². The molecule has 1 fully saturated rings. The first-order valence-corrected chi connectivity index (χ1v) is 14.6. The Morgan fingerprint density at radius 3 is 2.58 bits per heavy atom. The Morgan fingerprint density at radius 2 is 1.94 bits per heavy atom. The van der Waals surface area contributed by atoms with E-state index in [9.17, 15) is 8.42 Å². The molecular weight excluding hydrogens is 492 g/mol. The molecule has 1 saturated heterocycles. The Bertz CT molecular complexity index is 1280. The molecule has 0 unspecified atom stereocenters. The molecule has 0 amide bonds. The smallest absolute Gasteiger partial charge is 0.275 e. The first-order valence-electron chi connectivity index (χ1n) is 12.4. The van der Waals surface area contributed by atoms with Crippen molar-refractivity contribution in [3.05, 3.63) is 70.4 Å². The predicted molar refractivity (Wildman–Crippen MR) is 146 cm³/mol. The number of benzene rings is 2. The molecule has 1 aromatic heterocycles. The van der Waals surface area contributed by atoms with Gasteiger partial charge in [-0.25, -0.2) is 13.4 Å². The maximum atomic E-state index is 13.7. The summed E-state index contributed by atoms with van der Waals surface area (Å²) in [6, 6.07) is 16.3. The summed E-state index contributed by atoms with van der Waals surface area (Å²) < 4.78 is 34.9. The summed E-state index contributed by atoms with van der Waals surface area (Å²) in [5.41, 5.74) is 3.35. The summed E-state index contributed by atoms with van der Waals surface area (Å²) in [6.07, 6.45) is 2.16. The number of thiazole rings is 1. The van der Waals surface area contributed by atoms with E-state index in [1.165, 1.54) is 21.2 Å². The van der Waals surface area contributed by atoms with Gasteiger partial charge in [-0.05, 0) is 70.8 Å². The maximum Gasteiger partial charge on any atom is 0.275 e. The third-order valence-electron chi connectivity index (χ3n) is 6.51. The number of methoxy groups -OCH3 is 1. The van der Waals surface area contributed by atoms with Crippen LogP contribution in [0.15, 0.2) is 52.7 Å². The quantitative estimate of drug-likeness (QED) is 0.409. The van der Waals surface area contributed by atoms with Crippen molar-refractivity contribution in [2.75, 3.05) is 18.0 Å². The highest BCUT2D eigenvalue weighted by molar-refractivity contribution is 7.94. The number of piperidine rings is 1. The summed E-state index contributed by atoms with van der Waals surface area (Å²) in [5.74, 6) is 0.734. The van der Waals surface area contributed by atoms with Gasteiger partial charge in [-0.3, -0.25) is 4.31 Å². The van der Waals surface area contributed by atoms with Crippen molar-refractivity contribution in [1.29, 1.82) is 0 Å². The van der Waals surface area contributed by atoms with E-state index in [1.807, 2.05) is 45.0 Å². The van der Waals surface area contributed by atoms with Crippen molar-refractivity contribution in [3.8, 4) is 5.75 Å². The summed E-state index contributed by atoms with van der Waals surface area (Å²) in [6.45, 7) is 8.92. The van der Waals surface area contributed by atoms with Crippen molar-refractivity contribution < 1.29 is 13.2 Å². The van der Waals surface area contributed by atoms with Gasteiger partial charge in [-0.1, -0.05) is 30.3 Å². The molecule has 0 bridgehead atoms. The Balaban J connectivity index is 1.62. The lowest BCUT2D eigenvalue weighted by atomic mass is 9.92. The number of ether oxygens (including phenoxy) is 1. The third kappa shape index (κ3) is 5.59. The van der Waals surface area contributed by atoms with E-state index < -0.39 is 10.0 Å². The van der Waals surface area contributed by atoms with E-state index in [1.54, 1.807) is 14.0 Å². The van der Waals surface area contributed by atoms with Gasteiger partial charge in [-0.15, -0.1) is 11.3 Å². The minimum absolute atomic E-state index is 0.221. The van der Waals surface area contributed by atoms with Gasteiger partial charge < -0.3 is 15.4 Å². The highest BCUT2D eigenvalue weighted by atomic mass is 32.2. The van der Waals surface area contributed by atoms with Gasteiger partial charge in [0.2, 0.25) is 0 Å². The van der Waals surface area contributed by atoms with Crippen LogP contribution in [0.4, 0.5) is 5.69 Å². The second-order valence-corrected chi connectivity index (χ2v) is 12.7. The molecule has 0 spiro atoms. The average Bonchev–Trinajstić information content (AvgIpc) is 3.22. The van der Waals surface area contributed by atoms with E-state index in [0.717, 1.165) is 35.7 Å². The largest absolute Gasteiger partial charge is 0.496 e. The van der Waals surface area contributed by atoms with Crippen LogP contribution in [0.2, 0.25) is 0 Å². The van der Waals surface area contributed by atoms with Crippen LogP contribution in [-0.2, 0) is 16.6 Å². The van der Waals surface area contributed by atoms with Crippen LogP contribution in [0.25, 0.3) is 0 Å². The standard InChI is InChI=1S/C27H36N4O3S2/c1-18(2)31(36(32,33)27-19(3)30-20(4)35-27)23-13-14-25(34-5)22(16-23)17-29-24-12-9-15-28-26(24)21-10-7-6-8-11-21/h6-8,10-11,13-14,16,18,24,26,28-29H,9,12,15,17H2,1-5H3/t24-,26-/m0/s1. The number of anilines is 1. The topological polar surface area (TPSA) is 83.6 Å². The normalized spacial score (nSPS) is 18.4. The Kier molecular flexibility index (Phi) is 8.34. The summed E-state index contributed by atoms with van der Waals surface area (Å²) in [7, 11) is -2.11. The number of hydrogen-bond acceptors (Lipinski definition) is 7. The van der Waals surface area contributed by atoms with Crippen LogP contribution >= 0.6 is 11.3 Å². The number of nitrogens with one attached hydrogen (secondary N) is 2. The van der Waals surface area contributed by atoms with Gasteiger partial charge in [0.15, 0.2) is 4.21 Å². The van der Waals surface area contributed by atoms with Gasteiger partial charge >= 0.3 is 0 Å². The number of sulfonamides is 1. The second kappa shape index (κ2) is 11.3. The minimum atomic E-state index is -3.76. The zero-order valence-electron chi connectivity index (χ0n) is 21.6. The van der Waals surface area contributed by atoms with Crippen LogP contribution in [0.3, 0.4) is 0 Å². The Hall–Kier alpha value is -2.46. The van der Waals surface area contributed by atoms with E-state index in [2.05, 4.69) is 39.9 Å². The number of nitrogens with zero attached hydrogens (tertiary/aromatic N) is 2. The molecule has 2 aromatic carbocycles. The van der Waals surface area contributed by atoms with Crippen LogP contribution in [0, 0.1) is 13.8 Å². The van der Waals surface area contributed by atoms with Gasteiger partial charge in [0.05, 0.1) is 23.5 Å². The number of hydrogen-bond donors (Lipinski definition) is 2. The van der Waals surface area contributed by atoms with Crippen LogP contribution in [-0.4, -0.2) is 39.1 Å². The molecule has 4 rings (SSSR count). The fourth-order valence-corrected chi connectivity index (χ4v) is 8.17. The molecular formula is C27H36N4O3S2. The van der Waals surface area contributed by atoms with Crippen LogP contribution in [0.1, 0.15) is 54.6 Å². The summed E-state index contributed by atoms with van der Waals surface area (Å²) in [5, 5.41) is 8.11. The molecule has 0 aliphatic carbocycles. The summed E-state index contributed by atoms with van der Waals surface area (Å²) >= 11 is 1.22. The lowest BCUT2D eigenvalue weighted by Crippen LogP contribution is -2.45. The highest BCUT2D eigenvalue weighted by Gasteiger charge is 2.32. The molecule has 0 radical (unpaired) electrons. The van der Waals surface area contributed by atoms with Crippen molar-refractivity contribution >= 4 is 27.0 Å². The minimum Gasteiger partial charge on any atom is -0.496 e. The first kappa shape index (κ1) is 26.6. The zero-order chi connectivity index (χ0) is 25.9. The molecule has 2 atom stereocenters. The monoisotopic (exact) mass is 528 g/mol. The first-order chi connectivity index (χ1) is 17.2. The molecule has 1 aliphatic heterocycles. The van der Waals surface area contributed by atoms with Gasteiger partial charge in [-0.2, -0.15) is 0 Å². The molecule has 36 heavy (non-hydrogen) atoms. The van der Waals surface area contributed by atoms with Gasteiger partial charge in [0.1, 0.15) is 5.75 Å².